The average Bonchev–Trinajstić information content (AvgIpc) is 2.81. The van der Waals surface area contributed by atoms with Crippen LogP contribution in [0, 0.1) is 0 Å². The maximum absolute atomic E-state index is 6.34. The van der Waals surface area contributed by atoms with Crippen LogP contribution in [-0.2, 0) is 4.74 Å². The van der Waals surface area contributed by atoms with Crippen LogP contribution in [0.15, 0.2) is 79.1 Å². The first-order valence-corrected chi connectivity index (χ1v) is 10.4. The molecule has 5 heteroatoms. The van der Waals surface area contributed by atoms with Gasteiger partial charge in [-0.1, -0.05) is 60.7 Å². The summed E-state index contributed by atoms with van der Waals surface area (Å²) in [6.07, 6.45) is 4.63. The zero-order valence-corrected chi connectivity index (χ0v) is 16.7. The highest BCUT2D eigenvalue weighted by molar-refractivity contribution is 5.30. The fourth-order valence-electron chi connectivity index (χ4n) is 3.76. The lowest BCUT2D eigenvalue weighted by molar-refractivity contribution is 0.0710. The highest BCUT2D eigenvalue weighted by atomic mass is 16.5. The number of rotatable bonds is 8. The van der Waals surface area contributed by atoms with Crippen LogP contribution in [0.25, 0.3) is 0 Å². The third-order valence-electron chi connectivity index (χ3n) is 5.32. The van der Waals surface area contributed by atoms with Crippen LogP contribution in [0.3, 0.4) is 0 Å². The molecule has 0 aliphatic carbocycles. The maximum Gasteiger partial charge on any atom is 0.225 e. The second-order valence-electron chi connectivity index (χ2n) is 7.30. The summed E-state index contributed by atoms with van der Waals surface area (Å²) in [5.74, 6) is 0.837. The number of nitrogens with zero attached hydrogens (tertiary/aromatic N) is 4. The Balaban J connectivity index is 1.25. The Hall–Kier alpha value is -2.76. The van der Waals surface area contributed by atoms with Gasteiger partial charge in [-0.3, -0.25) is 4.90 Å². The smallest absolute Gasteiger partial charge is 0.225 e. The molecule has 0 spiro atoms. The minimum atomic E-state index is -0.00974. The molecule has 0 saturated carbocycles. The van der Waals surface area contributed by atoms with Crippen molar-refractivity contribution in [3.8, 4) is 0 Å². The molecule has 0 amide bonds. The van der Waals surface area contributed by atoms with Crippen LogP contribution >= 0.6 is 0 Å². The lowest BCUT2D eigenvalue weighted by Gasteiger charge is -2.34. The second kappa shape index (κ2) is 10.1. The summed E-state index contributed by atoms with van der Waals surface area (Å²) in [5, 5.41) is 0. The summed E-state index contributed by atoms with van der Waals surface area (Å²) in [6, 6.07) is 22.8. The van der Waals surface area contributed by atoms with E-state index in [4.69, 9.17) is 4.74 Å². The molecule has 1 fully saturated rings. The first-order valence-electron chi connectivity index (χ1n) is 10.4. The number of anilines is 1. The van der Waals surface area contributed by atoms with Gasteiger partial charge in [-0.25, -0.2) is 9.97 Å². The summed E-state index contributed by atoms with van der Waals surface area (Å²) in [7, 11) is 0. The van der Waals surface area contributed by atoms with E-state index in [9.17, 15) is 0 Å². The van der Waals surface area contributed by atoms with E-state index in [0.717, 1.165) is 51.7 Å². The van der Waals surface area contributed by atoms with Gasteiger partial charge in [0.05, 0.1) is 0 Å². The molecule has 0 bridgehead atoms. The molecule has 5 nitrogen and oxygen atoms in total. The van der Waals surface area contributed by atoms with Gasteiger partial charge in [-0.2, -0.15) is 0 Å². The van der Waals surface area contributed by atoms with Crippen molar-refractivity contribution in [1.82, 2.24) is 14.9 Å². The lowest BCUT2D eigenvalue weighted by atomic mass is 10.0. The third kappa shape index (κ3) is 5.40. The predicted octanol–water partition coefficient (Wildman–Crippen LogP) is 3.79. The number of piperazine rings is 1. The molecule has 0 unspecified atom stereocenters. The van der Waals surface area contributed by atoms with E-state index in [1.54, 1.807) is 0 Å². The molecule has 3 aromatic rings. The minimum Gasteiger partial charge on any atom is -0.369 e. The SMILES string of the molecule is c1ccc(C(OCCCN2CCN(c3ncccn3)CC2)c2ccccc2)cc1. The first kappa shape index (κ1) is 19.6. The fourth-order valence-corrected chi connectivity index (χ4v) is 3.76. The quantitative estimate of drug-likeness (QED) is 0.549. The van der Waals surface area contributed by atoms with Crippen molar-refractivity contribution in [3.05, 3.63) is 90.3 Å². The van der Waals surface area contributed by atoms with Gasteiger partial charge in [-0.05, 0) is 23.6 Å². The molecule has 1 aliphatic rings. The van der Waals surface area contributed by atoms with Crippen LogP contribution in [0.5, 0.6) is 0 Å². The van der Waals surface area contributed by atoms with Crippen molar-refractivity contribution in [2.75, 3.05) is 44.2 Å². The highest BCUT2D eigenvalue weighted by Gasteiger charge is 2.19. The Labute approximate surface area is 173 Å². The number of benzene rings is 2. The summed E-state index contributed by atoms with van der Waals surface area (Å²) in [5.41, 5.74) is 2.41. The van der Waals surface area contributed by atoms with E-state index < -0.39 is 0 Å². The largest absolute Gasteiger partial charge is 0.369 e. The summed E-state index contributed by atoms with van der Waals surface area (Å²) in [6.45, 7) is 5.83. The minimum absolute atomic E-state index is 0.00974. The van der Waals surface area contributed by atoms with Crippen LogP contribution in [-0.4, -0.2) is 54.2 Å². The monoisotopic (exact) mass is 388 g/mol. The Morgan fingerprint density at radius 2 is 1.34 bits per heavy atom. The van der Waals surface area contributed by atoms with Crippen LogP contribution < -0.4 is 4.90 Å². The molecule has 29 heavy (non-hydrogen) atoms. The van der Waals surface area contributed by atoms with Crippen LogP contribution in [0.1, 0.15) is 23.7 Å². The highest BCUT2D eigenvalue weighted by Crippen LogP contribution is 2.25. The summed E-state index contributed by atoms with van der Waals surface area (Å²) >= 11 is 0. The van der Waals surface area contributed by atoms with E-state index in [1.807, 2.05) is 30.6 Å². The Kier molecular flexibility index (Phi) is 6.84. The molecular formula is C24H28N4O. The summed E-state index contributed by atoms with van der Waals surface area (Å²) in [4.78, 5) is 13.5. The zero-order valence-electron chi connectivity index (χ0n) is 16.7. The molecule has 0 N–H and O–H groups in total. The van der Waals surface area contributed by atoms with Crippen molar-refractivity contribution in [2.24, 2.45) is 0 Å². The normalized spacial score (nSPS) is 15.0. The third-order valence-corrected chi connectivity index (χ3v) is 5.32. The molecule has 0 radical (unpaired) electrons. The maximum atomic E-state index is 6.34. The Bertz CT molecular complexity index is 797. The van der Waals surface area contributed by atoms with E-state index in [1.165, 1.54) is 11.1 Å². The van der Waals surface area contributed by atoms with Crippen molar-refractivity contribution in [3.63, 3.8) is 0 Å². The van der Waals surface area contributed by atoms with Crippen molar-refractivity contribution < 1.29 is 4.74 Å². The molecular weight excluding hydrogens is 360 g/mol. The molecule has 2 aromatic carbocycles. The van der Waals surface area contributed by atoms with Gasteiger partial charge in [0.15, 0.2) is 0 Å². The van der Waals surface area contributed by atoms with E-state index >= 15 is 0 Å². The van der Waals surface area contributed by atoms with Crippen molar-refractivity contribution >= 4 is 5.95 Å². The average molecular weight is 389 g/mol. The number of hydrogen-bond donors (Lipinski definition) is 0. The number of hydrogen-bond acceptors (Lipinski definition) is 5. The standard InChI is InChI=1S/C24H28N4O/c1-3-9-21(10-4-1)23(22-11-5-2-6-12-22)29-20-8-15-27-16-18-28(19-17-27)24-25-13-7-14-26-24/h1-7,9-14,23H,8,15-20H2. The topological polar surface area (TPSA) is 41.5 Å². The lowest BCUT2D eigenvalue weighted by Crippen LogP contribution is -2.47. The van der Waals surface area contributed by atoms with Gasteiger partial charge in [0.1, 0.15) is 6.10 Å². The van der Waals surface area contributed by atoms with Crippen molar-refractivity contribution in [2.45, 2.75) is 12.5 Å². The Morgan fingerprint density at radius 3 is 1.93 bits per heavy atom. The van der Waals surface area contributed by atoms with E-state index in [2.05, 4.69) is 68.3 Å². The molecule has 2 heterocycles. The second-order valence-corrected chi connectivity index (χ2v) is 7.30. The van der Waals surface area contributed by atoms with Crippen LogP contribution in [0.4, 0.5) is 5.95 Å². The number of aromatic nitrogens is 2. The van der Waals surface area contributed by atoms with Gasteiger partial charge < -0.3 is 9.64 Å². The van der Waals surface area contributed by atoms with Gasteiger partial charge in [-0.15, -0.1) is 0 Å². The molecule has 0 atom stereocenters. The predicted molar refractivity (Wildman–Crippen MR) is 116 cm³/mol. The van der Waals surface area contributed by atoms with E-state index in [-0.39, 0.29) is 6.10 Å². The van der Waals surface area contributed by atoms with Gasteiger partial charge in [0.2, 0.25) is 5.95 Å². The zero-order chi connectivity index (χ0) is 19.7. The van der Waals surface area contributed by atoms with Gasteiger partial charge in [0, 0.05) is 51.7 Å². The van der Waals surface area contributed by atoms with Crippen LogP contribution in [0.2, 0.25) is 0 Å². The molecule has 1 aromatic heterocycles. The Morgan fingerprint density at radius 1 is 0.759 bits per heavy atom. The van der Waals surface area contributed by atoms with Crippen molar-refractivity contribution in [1.29, 1.82) is 0 Å². The molecule has 4 rings (SSSR count). The molecule has 1 saturated heterocycles. The molecule has 1 aliphatic heterocycles. The van der Waals surface area contributed by atoms with Gasteiger partial charge in [0.25, 0.3) is 0 Å². The first-order chi connectivity index (χ1) is 14.4. The molecule has 150 valence electrons. The fraction of sp³-hybridized carbons (Fsp3) is 0.333. The van der Waals surface area contributed by atoms with Gasteiger partial charge >= 0.3 is 0 Å². The number of ether oxygens (including phenoxy) is 1. The summed E-state index contributed by atoms with van der Waals surface area (Å²) < 4.78 is 6.34. The van der Waals surface area contributed by atoms with E-state index in [0.29, 0.717) is 0 Å².